The number of nitrogen functional groups attached to an aromatic ring is 1. The van der Waals surface area contributed by atoms with Gasteiger partial charge < -0.3 is 10.5 Å². The topological polar surface area (TPSA) is 53.1 Å². The van der Waals surface area contributed by atoms with E-state index in [0.717, 1.165) is 32.5 Å². The highest BCUT2D eigenvalue weighted by molar-refractivity contribution is 9.10. The van der Waals surface area contributed by atoms with E-state index in [1.165, 1.54) is 0 Å². The molecule has 0 saturated carbocycles. The van der Waals surface area contributed by atoms with Gasteiger partial charge in [-0.25, -0.2) is 4.98 Å². The van der Waals surface area contributed by atoms with E-state index in [2.05, 4.69) is 20.9 Å². The van der Waals surface area contributed by atoms with Crippen LogP contribution in [0.5, 0.6) is 5.75 Å². The molecule has 0 spiro atoms. The van der Waals surface area contributed by atoms with Crippen LogP contribution in [0.25, 0.3) is 16.7 Å². The van der Waals surface area contributed by atoms with E-state index in [1.54, 1.807) is 7.11 Å². The van der Waals surface area contributed by atoms with Crippen molar-refractivity contribution in [1.82, 2.24) is 9.55 Å². The Labute approximate surface area is 125 Å². The molecule has 0 saturated heterocycles. The van der Waals surface area contributed by atoms with Gasteiger partial charge in [0.1, 0.15) is 5.75 Å². The summed E-state index contributed by atoms with van der Waals surface area (Å²) in [5.74, 6) is 1.24. The van der Waals surface area contributed by atoms with Gasteiger partial charge >= 0.3 is 0 Å². The fourth-order valence-electron chi connectivity index (χ4n) is 2.30. The predicted octanol–water partition coefficient (Wildman–Crippen LogP) is 3.69. The van der Waals surface area contributed by atoms with Crippen molar-refractivity contribution >= 4 is 32.9 Å². The lowest BCUT2D eigenvalue weighted by molar-refractivity contribution is 0.414. The molecule has 0 aliphatic carbocycles. The third-order valence-electron chi connectivity index (χ3n) is 3.31. The minimum absolute atomic E-state index is 0.461. The van der Waals surface area contributed by atoms with E-state index in [1.807, 2.05) is 47.9 Å². The Morgan fingerprint density at radius 3 is 2.80 bits per heavy atom. The monoisotopic (exact) mass is 331 g/mol. The number of nitrogens with two attached hydrogens (primary N) is 1. The molecule has 4 nitrogen and oxygen atoms in total. The van der Waals surface area contributed by atoms with Crippen LogP contribution in [0, 0.1) is 6.92 Å². The molecule has 0 radical (unpaired) electrons. The first kappa shape index (κ1) is 13.0. The molecule has 102 valence electrons. The zero-order chi connectivity index (χ0) is 14.3. The molecule has 0 atom stereocenters. The quantitative estimate of drug-likeness (QED) is 0.779. The molecule has 2 N–H and O–H groups in total. The third-order valence-corrected chi connectivity index (χ3v) is 3.98. The summed E-state index contributed by atoms with van der Waals surface area (Å²) in [7, 11) is 1.65. The van der Waals surface area contributed by atoms with Crippen molar-refractivity contribution < 1.29 is 4.74 Å². The fraction of sp³-hybridized carbons (Fsp3) is 0.133. The highest BCUT2D eigenvalue weighted by atomic mass is 79.9. The average molecular weight is 332 g/mol. The van der Waals surface area contributed by atoms with Crippen molar-refractivity contribution in [3.8, 4) is 11.4 Å². The summed E-state index contributed by atoms with van der Waals surface area (Å²) >= 11 is 3.56. The van der Waals surface area contributed by atoms with Crippen molar-refractivity contribution in [2.45, 2.75) is 6.92 Å². The Balaban J connectivity index is 2.35. The van der Waals surface area contributed by atoms with Gasteiger partial charge in [0.2, 0.25) is 5.95 Å². The lowest BCUT2D eigenvalue weighted by Crippen LogP contribution is -2.01. The first-order chi connectivity index (χ1) is 9.61. The highest BCUT2D eigenvalue weighted by Crippen LogP contribution is 2.31. The number of aromatic nitrogens is 2. The van der Waals surface area contributed by atoms with Gasteiger partial charge in [0.25, 0.3) is 0 Å². The number of hydrogen-bond donors (Lipinski definition) is 1. The number of aryl methyl sites for hydroxylation is 1. The second-order valence-electron chi connectivity index (χ2n) is 4.57. The molecule has 5 heteroatoms. The summed E-state index contributed by atoms with van der Waals surface area (Å²) in [6.07, 6.45) is 0. The van der Waals surface area contributed by atoms with Gasteiger partial charge in [-0.15, -0.1) is 0 Å². The zero-order valence-corrected chi connectivity index (χ0v) is 12.8. The van der Waals surface area contributed by atoms with E-state index in [4.69, 9.17) is 10.5 Å². The number of halogens is 1. The van der Waals surface area contributed by atoms with Crippen LogP contribution in [0.3, 0.4) is 0 Å². The van der Waals surface area contributed by atoms with Crippen molar-refractivity contribution in [2.24, 2.45) is 0 Å². The van der Waals surface area contributed by atoms with Gasteiger partial charge in [0.15, 0.2) is 0 Å². The number of benzene rings is 2. The maximum absolute atomic E-state index is 6.10. The summed E-state index contributed by atoms with van der Waals surface area (Å²) in [6.45, 7) is 2.03. The molecular weight excluding hydrogens is 318 g/mol. The first-order valence-electron chi connectivity index (χ1n) is 6.19. The largest absolute Gasteiger partial charge is 0.497 e. The average Bonchev–Trinajstić information content (AvgIpc) is 2.77. The number of hydrogen-bond acceptors (Lipinski definition) is 3. The van der Waals surface area contributed by atoms with Gasteiger partial charge in [-0.2, -0.15) is 0 Å². The second-order valence-corrected chi connectivity index (χ2v) is 5.42. The normalized spacial score (nSPS) is 10.9. The standard InChI is InChI=1S/C15H14BrN3O/c1-9-4-3-5-12-14(9)18-15(17)19(12)13-8-10(20-2)6-7-11(13)16/h3-8H,1-2H3,(H2,17,18). The van der Waals surface area contributed by atoms with Crippen LogP contribution in [0.15, 0.2) is 40.9 Å². The minimum atomic E-state index is 0.461. The smallest absolute Gasteiger partial charge is 0.205 e. The number of methoxy groups -OCH3 is 1. The van der Waals surface area contributed by atoms with Crippen molar-refractivity contribution in [1.29, 1.82) is 0 Å². The number of anilines is 1. The molecule has 0 aliphatic rings. The zero-order valence-electron chi connectivity index (χ0n) is 11.2. The van der Waals surface area contributed by atoms with E-state index in [-0.39, 0.29) is 0 Å². The van der Waals surface area contributed by atoms with Gasteiger partial charge in [-0.3, -0.25) is 4.57 Å². The molecule has 1 heterocycles. The highest BCUT2D eigenvalue weighted by Gasteiger charge is 2.14. The lowest BCUT2D eigenvalue weighted by Gasteiger charge is -2.11. The Hall–Kier alpha value is -2.01. The van der Waals surface area contributed by atoms with Crippen molar-refractivity contribution in [3.05, 3.63) is 46.4 Å². The molecule has 0 aliphatic heterocycles. The molecule has 1 aromatic heterocycles. The van der Waals surface area contributed by atoms with Crippen LogP contribution in [-0.2, 0) is 0 Å². The molecule has 0 fully saturated rings. The first-order valence-corrected chi connectivity index (χ1v) is 6.98. The van der Waals surface area contributed by atoms with Gasteiger partial charge in [0.05, 0.1) is 23.8 Å². The lowest BCUT2D eigenvalue weighted by atomic mass is 10.2. The van der Waals surface area contributed by atoms with Crippen molar-refractivity contribution in [3.63, 3.8) is 0 Å². The summed E-state index contributed by atoms with van der Waals surface area (Å²) in [5, 5.41) is 0. The van der Waals surface area contributed by atoms with Crippen LogP contribution in [0.2, 0.25) is 0 Å². The predicted molar refractivity (Wildman–Crippen MR) is 84.5 cm³/mol. The van der Waals surface area contributed by atoms with Gasteiger partial charge in [0, 0.05) is 10.5 Å². The number of nitrogens with zero attached hydrogens (tertiary/aromatic N) is 2. The Bertz CT molecular complexity index is 795. The van der Waals surface area contributed by atoms with E-state index >= 15 is 0 Å². The Morgan fingerprint density at radius 2 is 2.05 bits per heavy atom. The second kappa shape index (κ2) is 4.83. The minimum Gasteiger partial charge on any atom is -0.497 e. The third kappa shape index (κ3) is 1.94. The molecular formula is C15H14BrN3O. The molecule has 0 unspecified atom stereocenters. The summed E-state index contributed by atoms with van der Waals surface area (Å²) in [5.41, 5.74) is 10.0. The van der Waals surface area contributed by atoms with Crippen LogP contribution in [0.4, 0.5) is 5.95 Å². The summed E-state index contributed by atoms with van der Waals surface area (Å²) in [4.78, 5) is 4.46. The summed E-state index contributed by atoms with van der Waals surface area (Å²) < 4.78 is 8.15. The molecule has 20 heavy (non-hydrogen) atoms. The molecule has 3 rings (SSSR count). The number of para-hydroxylation sites is 1. The molecule has 3 aromatic rings. The SMILES string of the molecule is COc1ccc(Br)c(-n2c(N)nc3c(C)cccc32)c1. The van der Waals surface area contributed by atoms with E-state index in [0.29, 0.717) is 5.95 Å². The number of imidazole rings is 1. The van der Waals surface area contributed by atoms with Crippen LogP contribution < -0.4 is 10.5 Å². The van der Waals surface area contributed by atoms with Crippen molar-refractivity contribution in [2.75, 3.05) is 12.8 Å². The maximum atomic E-state index is 6.10. The number of rotatable bonds is 2. The molecule has 0 bridgehead atoms. The Kier molecular flexibility index (Phi) is 3.14. The number of ether oxygens (including phenoxy) is 1. The van der Waals surface area contributed by atoms with Gasteiger partial charge in [-0.1, -0.05) is 12.1 Å². The molecule has 2 aromatic carbocycles. The van der Waals surface area contributed by atoms with Crippen LogP contribution >= 0.6 is 15.9 Å². The van der Waals surface area contributed by atoms with Gasteiger partial charge in [-0.05, 0) is 46.6 Å². The molecule has 0 amide bonds. The van der Waals surface area contributed by atoms with Crippen LogP contribution in [-0.4, -0.2) is 16.7 Å². The Morgan fingerprint density at radius 1 is 1.25 bits per heavy atom. The van der Waals surface area contributed by atoms with E-state index < -0.39 is 0 Å². The fourth-order valence-corrected chi connectivity index (χ4v) is 2.73. The number of fused-ring (bicyclic) bond motifs is 1. The maximum Gasteiger partial charge on any atom is 0.205 e. The summed E-state index contributed by atoms with van der Waals surface area (Å²) in [6, 6.07) is 11.8. The van der Waals surface area contributed by atoms with E-state index in [9.17, 15) is 0 Å². The van der Waals surface area contributed by atoms with Crippen LogP contribution in [0.1, 0.15) is 5.56 Å².